The highest BCUT2D eigenvalue weighted by Gasteiger charge is 2.47. The number of anilines is 1. The lowest BCUT2D eigenvalue weighted by atomic mass is 9.95. The third-order valence-electron chi connectivity index (χ3n) is 6.67. The zero-order valence-electron chi connectivity index (χ0n) is 20.0. The molecule has 2 fully saturated rings. The van der Waals surface area contributed by atoms with Gasteiger partial charge in [-0.05, 0) is 68.7 Å². The normalized spacial score (nSPS) is 21.8. The number of amides is 1. The van der Waals surface area contributed by atoms with Crippen molar-refractivity contribution in [2.75, 3.05) is 38.3 Å². The number of ether oxygens (including phenoxy) is 2. The Labute approximate surface area is 200 Å². The van der Waals surface area contributed by atoms with Crippen LogP contribution in [0.25, 0.3) is 5.76 Å². The Kier molecular flexibility index (Phi) is 7.22. The van der Waals surface area contributed by atoms with Crippen LogP contribution in [0, 0.1) is 0 Å². The second kappa shape index (κ2) is 10.3. The number of Topliss-reactive ketones (excluding diaryl/α,β-unsaturated/α-hetero) is 1. The average Bonchev–Trinajstić information content (AvgIpc) is 3.47. The first kappa shape index (κ1) is 23.8. The number of carbonyl (C=O) groups excluding carboxylic acids is 2. The minimum atomic E-state index is -0.683. The predicted molar refractivity (Wildman–Crippen MR) is 131 cm³/mol. The second-order valence-electron chi connectivity index (χ2n) is 8.58. The summed E-state index contributed by atoms with van der Waals surface area (Å²) in [6, 6.07) is 14.0. The van der Waals surface area contributed by atoms with Gasteiger partial charge in [0.2, 0.25) is 0 Å². The fourth-order valence-corrected chi connectivity index (χ4v) is 4.78. The smallest absolute Gasteiger partial charge is 0.295 e. The highest BCUT2D eigenvalue weighted by molar-refractivity contribution is 6.46. The highest BCUT2D eigenvalue weighted by atomic mass is 16.5. The zero-order chi connectivity index (χ0) is 24.2. The molecule has 0 radical (unpaired) electrons. The number of methoxy groups -OCH3 is 1. The first-order valence-electron chi connectivity index (χ1n) is 11.9. The summed E-state index contributed by atoms with van der Waals surface area (Å²) >= 11 is 0. The van der Waals surface area contributed by atoms with E-state index in [1.807, 2.05) is 24.3 Å². The molecule has 2 aromatic carbocycles. The molecule has 7 nitrogen and oxygen atoms in total. The SMILES string of the molecule is CCN(CC)c1ccc(C2/C(=C(\O)c3ccc(OC)cc3)C(=O)C(=O)N2CC2CCCO2)cc1. The van der Waals surface area contributed by atoms with Gasteiger partial charge < -0.3 is 24.4 Å². The number of likely N-dealkylation sites (tertiary alicyclic amines) is 1. The van der Waals surface area contributed by atoms with E-state index >= 15 is 0 Å². The lowest BCUT2D eigenvalue weighted by Gasteiger charge is -2.28. The standard InChI is InChI=1S/C27H32N2O5/c1-4-28(5-2)20-12-8-18(9-13-20)24-23(25(30)19-10-14-21(33-3)15-11-19)26(31)27(32)29(24)17-22-7-6-16-34-22/h8-15,22,24,30H,4-7,16-17H2,1-3H3/b25-23+. The summed E-state index contributed by atoms with van der Waals surface area (Å²) < 4.78 is 11.0. The van der Waals surface area contributed by atoms with E-state index in [1.54, 1.807) is 36.3 Å². The highest BCUT2D eigenvalue weighted by Crippen LogP contribution is 2.40. The third-order valence-corrected chi connectivity index (χ3v) is 6.67. The molecule has 2 aromatic rings. The first-order chi connectivity index (χ1) is 16.5. The molecule has 0 aliphatic carbocycles. The van der Waals surface area contributed by atoms with Gasteiger partial charge in [-0.25, -0.2) is 0 Å². The Morgan fingerprint density at radius 2 is 1.76 bits per heavy atom. The Balaban J connectivity index is 1.77. The average molecular weight is 465 g/mol. The lowest BCUT2D eigenvalue weighted by molar-refractivity contribution is -0.140. The minimum Gasteiger partial charge on any atom is -0.507 e. The van der Waals surface area contributed by atoms with Crippen LogP contribution >= 0.6 is 0 Å². The summed E-state index contributed by atoms with van der Waals surface area (Å²) in [4.78, 5) is 30.1. The van der Waals surface area contributed by atoms with Gasteiger partial charge in [-0.15, -0.1) is 0 Å². The van der Waals surface area contributed by atoms with Gasteiger partial charge in [0.1, 0.15) is 11.5 Å². The molecule has 4 rings (SSSR count). The molecule has 7 heteroatoms. The molecule has 0 saturated carbocycles. The number of ketones is 1. The van der Waals surface area contributed by atoms with Crippen molar-refractivity contribution in [1.29, 1.82) is 0 Å². The maximum absolute atomic E-state index is 13.2. The quantitative estimate of drug-likeness (QED) is 0.359. The third kappa shape index (κ3) is 4.53. The summed E-state index contributed by atoms with van der Waals surface area (Å²) in [5.41, 5.74) is 2.41. The van der Waals surface area contributed by atoms with Gasteiger partial charge in [0.25, 0.3) is 11.7 Å². The van der Waals surface area contributed by atoms with Crippen LogP contribution < -0.4 is 9.64 Å². The van der Waals surface area contributed by atoms with E-state index in [9.17, 15) is 14.7 Å². The van der Waals surface area contributed by atoms with Crippen molar-refractivity contribution < 1.29 is 24.2 Å². The van der Waals surface area contributed by atoms with Crippen molar-refractivity contribution in [2.24, 2.45) is 0 Å². The molecule has 2 atom stereocenters. The van der Waals surface area contributed by atoms with Crippen molar-refractivity contribution in [3.63, 3.8) is 0 Å². The minimum absolute atomic E-state index is 0.101. The van der Waals surface area contributed by atoms with Gasteiger partial charge in [-0.1, -0.05) is 12.1 Å². The van der Waals surface area contributed by atoms with Crippen LogP contribution in [-0.2, 0) is 14.3 Å². The fraction of sp³-hybridized carbons (Fsp3) is 0.407. The summed E-state index contributed by atoms with van der Waals surface area (Å²) in [5, 5.41) is 11.2. The van der Waals surface area contributed by atoms with E-state index < -0.39 is 17.7 Å². The van der Waals surface area contributed by atoms with E-state index in [0.29, 0.717) is 24.5 Å². The van der Waals surface area contributed by atoms with Gasteiger partial charge in [0.15, 0.2) is 0 Å². The van der Waals surface area contributed by atoms with Gasteiger partial charge in [-0.3, -0.25) is 9.59 Å². The van der Waals surface area contributed by atoms with E-state index in [0.717, 1.165) is 37.2 Å². The molecule has 1 amide bonds. The number of rotatable bonds is 8. The van der Waals surface area contributed by atoms with Gasteiger partial charge in [0, 0.05) is 37.5 Å². The predicted octanol–water partition coefficient (Wildman–Crippen LogP) is 4.14. The van der Waals surface area contributed by atoms with Crippen molar-refractivity contribution >= 4 is 23.1 Å². The molecule has 2 saturated heterocycles. The number of benzene rings is 2. The lowest BCUT2D eigenvalue weighted by Crippen LogP contribution is -2.36. The Bertz CT molecular complexity index is 1050. The topological polar surface area (TPSA) is 79.3 Å². The molecule has 34 heavy (non-hydrogen) atoms. The molecule has 2 heterocycles. The number of aliphatic hydroxyl groups excluding tert-OH is 1. The van der Waals surface area contributed by atoms with Gasteiger partial charge >= 0.3 is 0 Å². The number of hydrogen-bond acceptors (Lipinski definition) is 6. The zero-order valence-corrected chi connectivity index (χ0v) is 20.0. The van der Waals surface area contributed by atoms with Crippen molar-refractivity contribution in [2.45, 2.75) is 38.8 Å². The summed E-state index contributed by atoms with van der Waals surface area (Å²) in [6.45, 7) is 6.93. The van der Waals surface area contributed by atoms with Crippen LogP contribution in [0.15, 0.2) is 54.1 Å². The molecular formula is C27H32N2O5. The summed E-state index contributed by atoms with van der Waals surface area (Å²) in [5.74, 6) is -0.833. The Hall–Kier alpha value is -3.32. The number of hydrogen-bond donors (Lipinski definition) is 1. The Morgan fingerprint density at radius 3 is 2.32 bits per heavy atom. The van der Waals surface area contributed by atoms with Crippen molar-refractivity contribution in [1.82, 2.24) is 4.90 Å². The first-order valence-corrected chi connectivity index (χ1v) is 11.9. The summed E-state index contributed by atoms with van der Waals surface area (Å²) in [7, 11) is 1.56. The van der Waals surface area contributed by atoms with E-state index in [2.05, 4.69) is 18.7 Å². The van der Waals surface area contributed by atoms with Crippen LogP contribution in [-0.4, -0.2) is 61.2 Å². The monoisotopic (exact) mass is 464 g/mol. The molecule has 0 bridgehead atoms. The van der Waals surface area contributed by atoms with Crippen LogP contribution in [0.1, 0.15) is 43.9 Å². The van der Waals surface area contributed by atoms with Crippen LogP contribution in [0.3, 0.4) is 0 Å². The number of nitrogens with zero attached hydrogens (tertiary/aromatic N) is 2. The molecule has 0 spiro atoms. The number of carbonyl (C=O) groups is 2. The molecule has 180 valence electrons. The fourth-order valence-electron chi connectivity index (χ4n) is 4.78. The van der Waals surface area contributed by atoms with E-state index in [4.69, 9.17) is 9.47 Å². The molecule has 0 aromatic heterocycles. The molecule has 1 N–H and O–H groups in total. The maximum Gasteiger partial charge on any atom is 0.295 e. The van der Waals surface area contributed by atoms with Crippen molar-refractivity contribution in [3.05, 3.63) is 65.2 Å². The maximum atomic E-state index is 13.2. The number of aliphatic hydroxyl groups is 1. The molecule has 2 aliphatic heterocycles. The molecular weight excluding hydrogens is 432 g/mol. The molecule has 2 aliphatic rings. The van der Waals surface area contributed by atoms with Gasteiger partial charge in [-0.2, -0.15) is 0 Å². The van der Waals surface area contributed by atoms with Crippen LogP contribution in [0.2, 0.25) is 0 Å². The second-order valence-corrected chi connectivity index (χ2v) is 8.58. The van der Waals surface area contributed by atoms with Gasteiger partial charge in [0.05, 0.1) is 24.8 Å². The largest absolute Gasteiger partial charge is 0.507 e. The van der Waals surface area contributed by atoms with E-state index in [-0.39, 0.29) is 17.4 Å². The van der Waals surface area contributed by atoms with Crippen LogP contribution in [0.4, 0.5) is 5.69 Å². The molecule has 2 unspecified atom stereocenters. The van der Waals surface area contributed by atoms with Crippen LogP contribution in [0.5, 0.6) is 5.75 Å². The Morgan fingerprint density at radius 1 is 1.09 bits per heavy atom. The summed E-state index contributed by atoms with van der Waals surface area (Å²) in [6.07, 6.45) is 1.66. The van der Waals surface area contributed by atoms with E-state index in [1.165, 1.54) is 0 Å². The van der Waals surface area contributed by atoms with Crippen molar-refractivity contribution in [3.8, 4) is 5.75 Å².